The molecule has 0 aliphatic carbocycles. The average molecular weight is 346 g/mol. The number of nitrogens with zero attached hydrogens (tertiary/aromatic N) is 1. The third-order valence-electron chi connectivity index (χ3n) is 3.75. The summed E-state index contributed by atoms with van der Waals surface area (Å²) in [4.78, 5) is 24.9. The lowest BCUT2D eigenvalue weighted by Gasteiger charge is -2.31. The van der Waals surface area contributed by atoms with E-state index in [2.05, 4.69) is 11.4 Å². The largest absolute Gasteiger partial charge is 0.496 e. The predicted molar refractivity (Wildman–Crippen MR) is 90.2 cm³/mol. The molecule has 24 heavy (non-hydrogen) atoms. The number of methoxy groups -OCH3 is 1. The van der Waals surface area contributed by atoms with Gasteiger partial charge in [-0.2, -0.15) is 5.26 Å². The second-order valence-electron chi connectivity index (χ2n) is 5.00. The molecule has 1 aliphatic rings. The van der Waals surface area contributed by atoms with Gasteiger partial charge in [0, 0.05) is 11.5 Å². The summed E-state index contributed by atoms with van der Waals surface area (Å²) in [5, 5.41) is 12.7. The molecule has 1 amide bonds. The Balaban J connectivity index is 2.67. The third kappa shape index (κ3) is 3.24. The standard InChI is InChI=1S/C17H18N2O4S/c1-4-23-17(21)14-13(10-7-5-6-8-12(10)22-2)11(9-18)16(24-3)19-15(14)20/h5-8,13-14H,4H2,1-3H3,(H,19,20)/t13-,14+/m1/s1. The number of carbonyl (C=O) groups excluding carboxylic acids is 2. The van der Waals surface area contributed by atoms with Gasteiger partial charge in [0.25, 0.3) is 0 Å². The van der Waals surface area contributed by atoms with Crippen molar-refractivity contribution in [2.75, 3.05) is 20.0 Å². The zero-order valence-electron chi connectivity index (χ0n) is 13.7. The molecule has 1 N–H and O–H groups in total. The Morgan fingerprint density at radius 3 is 2.71 bits per heavy atom. The highest BCUT2D eigenvalue weighted by Crippen LogP contribution is 2.42. The van der Waals surface area contributed by atoms with Crippen LogP contribution in [0.2, 0.25) is 0 Å². The number of ether oxygens (including phenoxy) is 2. The third-order valence-corrected chi connectivity index (χ3v) is 4.48. The smallest absolute Gasteiger partial charge is 0.319 e. The molecule has 6 nitrogen and oxygen atoms in total. The van der Waals surface area contributed by atoms with Crippen molar-refractivity contribution in [3.63, 3.8) is 0 Å². The van der Waals surface area contributed by atoms with Gasteiger partial charge in [0.15, 0.2) is 0 Å². The number of hydrogen-bond donors (Lipinski definition) is 1. The summed E-state index contributed by atoms with van der Waals surface area (Å²) in [6.07, 6.45) is 1.76. The molecule has 0 unspecified atom stereocenters. The molecule has 0 radical (unpaired) electrons. The van der Waals surface area contributed by atoms with Crippen LogP contribution in [0.3, 0.4) is 0 Å². The molecule has 1 aromatic carbocycles. The first-order valence-electron chi connectivity index (χ1n) is 7.37. The van der Waals surface area contributed by atoms with Crippen molar-refractivity contribution in [2.45, 2.75) is 12.8 Å². The second-order valence-corrected chi connectivity index (χ2v) is 5.81. The van der Waals surface area contributed by atoms with E-state index in [1.54, 1.807) is 37.4 Å². The summed E-state index contributed by atoms with van der Waals surface area (Å²) >= 11 is 1.25. The molecule has 1 aliphatic heterocycles. The van der Waals surface area contributed by atoms with Crippen molar-refractivity contribution >= 4 is 23.6 Å². The van der Waals surface area contributed by atoms with Crippen LogP contribution < -0.4 is 10.1 Å². The van der Waals surface area contributed by atoms with Crippen LogP contribution in [0.1, 0.15) is 18.4 Å². The van der Waals surface area contributed by atoms with Gasteiger partial charge >= 0.3 is 5.97 Å². The van der Waals surface area contributed by atoms with Gasteiger partial charge in [0.1, 0.15) is 11.7 Å². The Kier molecular flexibility index (Phi) is 5.88. The number of benzene rings is 1. The normalized spacial score (nSPS) is 20.2. The molecule has 0 saturated carbocycles. The Morgan fingerprint density at radius 2 is 2.12 bits per heavy atom. The van der Waals surface area contributed by atoms with Crippen LogP contribution in [0.5, 0.6) is 5.75 Å². The van der Waals surface area contributed by atoms with Crippen LogP contribution in [-0.2, 0) is 14.3 Å². The predicted octanol–water partition coefficient (Wildman–Crippen LogP) is 2.19. The van der Waals surface area contributed by atoms with Gasteiger partial charge in [-0.3, -0.25) is 9.59 Å². The number of rotatable bonds is 5. The van der Waals surface area contributed by atoms with E-state index < -0.39 is 23.7 Å². The molecule has 2 rings (SSSR count). The fourth-order valence-electron chi connectivity index (χ4n) is 2.73. The molecule has 0 spiro atoms. The molecule has 1 heterocycles. The maximum Gasteiger partial charge on any atom is 0.319 e. The molecule has 126 valence electrons. The maximum absolute atomic E-state index is 12.5. The van der Waals surface area contributed by atoms with Gasteiger partial charge in [-0.15, -0.1) is 11.8 Å². The Hall–Kier alpha value is -2.46. The van der Waals surface area contributed by atoms with Crippen molar-refractivity contribution in [3.05, 3.63) is 40.4 Å². The Bertz CT molecular complexity index is 724. The van der Waals surface area contributed by atoms with Gasteiger partial charge in [0.05, 0.1) is 30.4 Å². The fourth-order valence-corrected chi connectivity index (χ4v) is 3.33. The van der Waals surface area contributed by atoms with Crippen molar-refractivity contribution < 1.29 is 19.1 Å². The molecule has 0 saturated heterocycles. The molecule has 7 heteroatoms. The highest BCUT2D eigenvalue weighted by molar-refractivity contribution is 8.02. The van der Waals surface area contributed by atoms with Gasteiger partial charge in [-0.25, -0.2) is 0 Å². The van der Waals surface area contributed by atoms with Crippen molar-refractivity contribution in [3.8, 4) is 11.8 Å². The summed E-state index contributed by atoms with van der Waals surface area (Å²) < 4.78 is 10.4. The lowest BCUT2D eigenvalue weighted by Crippen LogP contribution is -2.44. The summed E-state index contributed by atoms with van der Waals surface area (Å²) in [5.74, 6) is -2.50. The minimum absolute atomic E-state index is 0.155. The number of amides is 1. The van der Waals surface area contributed by atoms with E-state index in [0.717, 1.165) is 0 Å². The topological polar surface area (TPSA) is 88.4 Å². The van der Waals surface area contributed by atoms with Gasteiger partial charge in [-0.05, 0) is 19.2 Å². The molecule has 1 aromatic rings. The first-order valence-corrected chi connectivity index (χ1v) is 8.60. The monoisotopic (exact) mass is 346 g/mol. The van der Waals surface area contributed by atoms with Crippen LogP contribution in [0.15, 0.2) is 34.9 Å². The number of thioether (sulfide) groups is 1. The van der Waals surface area contributed by atoms with Crippen LogP contribution in [0.25, 0.3) is 0 Å². The zero-order valence-corrected chi connectivity index (χ0v) is 14.5. The SMILES string of the molecule is CCOC(=O)[C@@H]1C(=O)NC(SC)=C(C#N)[C@H]1c1ccccc1OC. The summed E-state index contributed by atoms with van der Waals surface area (Å²) in [6.45, 7) is 1.83. The van der Waals surface area contributed by atoms with E-state index in [-0.39, 0.29) is 6.61 Å². The summed E-state index contributed by atoms with van der Waals surface area (Å²) in [6, 6.07) is 9.19. The van der Waals surface area contributed by atoms with E-state index in [0.29, 0.717) is 21.9 Å². The Morgan fingerprint density at radius 1 is 1.42 bits per heavy atom. The molecule has 2 atom stereocenters. The molecule has 0 bridgehead atoms. The van der Waals surface area contributed by atoms with Gasteiger partial charge < -0.3 is 14.8 Å². The van der Waals surface area contributed by atoms with E-state index in [1.165, 1.54) is 18.9 Å². The number of hydrogen-bond acceptors (Lipinski definition) is 6. The highest BCUT2D eigenvalue weighted by atomic mass is 32.2. The number of nitriles is 1. The molecular weight excluding hydrogens is 328 g/mol. The first-order chi connectivity index (χ1) is 11.6. The van der Waals surface area contributed by atoms with Gasteiger partial charge in [0.2, 0.25) is 5.91 Å². The lowest BCUT2D eigenvalue weighted by atomic mass is 9.78. The van der Waals surface area contributed by atoms with Crippen molar-refractivity contribution in [1.82, 2.24) is 5.32 Å². The van der Waals surface area contributed by atoms with Crippen LogP contribution in [0, 0.1) is 17.2 Å². The maximum atomic E-state index is 12.5. The number of esters is 1. The molecule has 0 fully saturated rings. The van der Waals surface area contributed by atoms with E-state index in [9.17, 15) is 14.9 Å². The minimum Gasteiger partial charge on any atom is -0.496 e. The highest BCUT2D eigenvalue weighted by Gasteiger charge is 2.45. The zero-order chi connectivity index (χ0) is 17.7. The number of allylic oxidation sites excluding steroid dienone is 1. The number of nitrogens with one attached hydrogen (secondary N) is 1. The van der Waals surface area contributed by atoms with Crippen molar-refractivity contribution in [2.24, 2.45) is 5.92 Å². The van der Waals surface area contributed by atoms with Gasteiger partial charge in [-0.1, -0.05) is 18.2 Å². The quantitative estimate of drug-likeness (QED) is 0.649. The van der Waals surface area contributed by atoms with Crippen LogP contribution in [0.4, 0.5) is 0 Å². The summed E-state index contributed by atoms with van der Waals surface area (Å²) in [5.41, 5.74) is 0.931. The minimum atomic E-state index is -1.13. The van der Waals surface area contributed by atoms with Crippen LogP contribution >= 0.6 is 11.8 Å². The number of para-hydroxylation sites is 1. The first kappa shape index (κ1) is 17.9. The average Bonchev–Trinajstić information content (AvgIpc) is 2.60. The summed E-state index contributed by atoms with van der Waals surface area (Å²) in [7, 11) is 1.51. The second kappa shape index (κ2) is 7.88. The fraction of sp³-hybridized carbons (Fsp3) is 0.353. The van der Waals surface area contributed by atoms with Crippen molar-refractivity contribution in [1.29, 1.82) is 5.26 Å². The van der Waals surface area contributed by atoms with E-state index >= 15 is 0 Å². The molecule has 0 aromatic heterocycles. The lowest BCUT2D eigenvalue weighted by molar-refractivity contribution is -0.152. The molecular formula is C17H18N2O4S. The van der Waals surface area contributed by atoms with E-state index in [4.69, 9.17) is 9.47 Å². The number of carbonyl (C=O) groups is 2. The Labute approximate surface area is 144 Å². The van der Waals surface area contributed by atoms with E-state index in [1.807, 2.05) is 0 Å². The van der Waals surface area contributed by atoms with Crippen LogP contribution in [-0.4, -0.2) is 31.8 Å².